The smallest absolute Gasteiger partial charge is 0.328 e. The first kappa shape index (κ1) is 14.6. The molecule has 1 saturated heterocycles. The molecular weight excluding hydrogens is 254 g/mol. The van der Waals surface area contributed by atoms with E-state index in [1.807, 2.05) is 13.0 Å². The molecule has 1 heterocycles. The Morgan fingerprint density at radius 3 is 2.85 bits per heavy atom. The average molecular weight is 275 g/mol. The van der Waals surface area contributed by atoms with Crippen LogP contribution in [0, 0.1) is 6.92 Å². The van der Waals surface area contributed by atoms with Crippen molar-refractivity contribution in [1.82, 2.24) is 0 Å². The van der Waals surface area contributed by atoms with Gasteiger partial charge in [-0.25, -0.2) is 4.79 Å². The average Bonchev–Trinajstić information content (AvgIpc) is 2.37. The Balaban J connectivity index is 2.42. The lowest BCUT2D eigenvalue weighted by atomic mass is 9.98. The minimum Gasteiger partial charge on any atom is -0.478 e. The van der Waals surface area contributed by atoms with Gasteiger partial charge >= 0.3 is 5.97 Å². The molecule has 1 N–H and O–H groups in total. The molecule has 20 heavy (non-hydrogen) atoms. The summed E-state index contributed by atoms with van der Waals surface area (Å²) in [7, 11) is 0. The highest BCUT2D eigenvalue weighted by molar-refractivity contribution is 5.87. The summed E-state index contributed by atoms with van der Waals surface area (Å²) in [6.45, 7) is 8.45. The van der Waals surface area contributed by atoms with Crippen LogP contribution in [0.5, 0.6) is 0 Å². The number of aliphatic carboxylic acids is 1. The number of nitrogens with zero attached hydrogens (tertiary/aromatic N) is 1. The van der Waals surface area contributed by atoms with Gasteiger partial charge in [0, 0.05) is 18.3 Å². The monoisotopic (exact) mass is 275 g/mol. The van der Waals surface area contributed by atoms with Crippen LogP contribution in [0.1, 0.15) is 25.0 Å². The summed E-state index contributed by atoms with van der Waals surface area (Å²) >= 11 is 0. The van der Waals surface area contributed by atoms with E-state index in [4.69, 9.17) is 9.84 Å². The van der Waals surface area contributed by atoms with Crippen LogP contribution in [0.4, 0.5) is 5.69 Å². The first-order valence-electron chi connectivity index (χ1n) is 6.77. The number of hydrogen-bond acceptors (Lipinski definition) is 3. The third kappa shape index (κ3) is 3.20. The second kappa shape index (κ2) is 5.67. The van der Waals surface area contributed by atoms with Crippen molar-refractivity contribution in [2.24, 2.45) is 0 Å². The van der Waals surface area contributed by atoms with Gasteiger partial charge in [0.2, 0.25) is 0 Å². The van der Waals surface area contributed by atoms with Gasteiger partial charge in [-0.3, -0.25) is 0 Å². The lowest BCUT2D eigenvalue weighted by molar-refractivity contribution is -0.131. The summed E-state index contributed by atoms with van der Waals surface area (Å²) in [4.78, 5) is 13.0. The molecule has 1 aromatic carbocycles. The van der Waals surface area contributed by atoms with Crippen molar-refractivity contribution in [2.75, 3.05) is 24.7 Å². The maximum absolute atomic E-state index is 10.8. The molecule has 0 radical (unpaired) electrons. The van der Waals surface area contributed by atoms with Crippen molar-refractivity contribution in [2.45, 2.75) is 26.3 Å². The Morgan fingerprint density at radius 2 is 2.20 bits per heavy atom. The summed E-state index contributed by atoms with van der Waals surface area (Å²) in [6, 6.07) is 6.13. The second-order valence-corrected chi connectivity index (χ2v) is 5.75. The van der Waals surface area contributed by atoms with Gasteiger partial charge in [0.15, 0.2) is 0 Å². The molecule has 0 spiro atoms. The van der Waals surface area contributed by atoms with E-state index in [1.165, 1.54) is 6.08 Å². The van der Waals surface area contributed by atoms with Crippen molar-refractivity contribution in [3.8, 4) is 0 Å². The zero-order chi connectivity index (χ0) is 14.8. The van der Waals surface area contributed by atoms with E-state index in [0.29, 0.717) is 13.2 Å². The van der Waals surface area contributed by atoms with Crippen LogP contribution >= 0.6 is 0 Å². The molecule has 0 bridgehead atoms. The van der Waals surface area contributed by atoms with E-state index in [1.54, 1.807) is 6.08 Å². The zero-order valence-electron chi connectivity index (χ0n) is 12.2. The largest absolute Gasteiger partial charge is 0.478 e. The Hall–Kier alpha value is -1.81. The number of benzene rings is 1. The fourth-order valence-corrected chi connectivity index (χ4v) is 2.52. The molecule has 4 nitrogen and oxygen atoms in total. The Morgan fingerprint density at radius 1 is 1.45 bits per heavy atom. The van der Waals surface area contributed by atoms with Crippen LogP contribution in [0.3, 0.4) is 0 Å². The van der Waals surface area contributed by atoms with E-state index >= 15 is 0 Å². The number of aryl methyl sites for hydroxylation is 1. The predicted molar refractivity (Wildman–Crippen MR) is 80.1 cm³/mol. The van der Waals surface area contributed by atoms with Gasteiger partial charge in [-0.05, 0) is 44.5 Å². The van der Waals surface area contributed by atoms with E-state index in [-0.39, 0.29) is 5.54 Å². The molecule has 1 fully saturated rings. The standard InChI is InChI=1S/C16H21NO3/c1-12-4-6-14(13(10-12)5-7-15(18)19)17-8-9-20-11-16(17,2)3/h4-7,10H,8-9,11H2,1-3H3,(H,18,19)/b7-5+. The summed E-state index contributed by atoms with van der Waals surface area (Å²) in [5.74, 6) is -0.932. The van der Waals surface area contributed by atoms with Crippen molar-refractivity contribution in [1.29, 1.82) is 0 Å². The molecule has 1 aliphatic heterocycles. The number of carboxylic acid groups (broad SMARTS) is 1. The highest BCUT2D eigenvalue weighted by Gasteiger charge is 2.31. The van der Waals surface area contributed by atoms with Crippen LogP contribution in [-0.2, 0) is 9.53 Å². The highest BCUT2D eigenvalue weighted by Crippen LogP contribution is 2.31. The van der Waals surface area contributed by atoms with Gasteiger partial charge in [-0.2, -0.15) is 0 Å². The molecule has 1 aliphatic rings. The van der Waals surface area contributed by atoms with Crippen molar-refractivity contribution >= 4 is 17.7 Å². The van der Waals surface area contributed by atoms with Gasteiger partial charge in [0.1, 0.15) is 0 Å². The van der Waals surface area contributed by atoms with Gasteiger partial charge < -0.3 is 14.7 Å². The Labute approximate surface area is 119 Å². The third-order valence-electron chi connectivity index (χ3n) is 3.52. The SMILES string of the molecule is Cc1ccc(N2CCOCC2(C)C)c(/C=C/C(=O)O)c1. The number of hydrogen-bond donors (Lipinski definition) is 1. The van der Waals surface area contributed by atoms with Gasteiger partial charge in [-0.1, -0.05) is 11.6 Å². The molecule has 0 unspecified atom stereocenters. The first-order valence-corrected chi connectivity index (χ1v) is 6.77. The molecule has 0 saturated carbocycles. The quantitative estimate of drug-likeness (QED) is 0.862. The Bertz CT molecular complexity index is 535. The molecule has 0 aliphatic carbocycles. The minimum atomic E-state index is -0.932. The van der Waals surface area contributed by atoms with Crippen molar-refractivity contribution < 1.29 is 14.6 Å². The second-order valence-electron chi connectivity index (χ2n) is 5.75. The fourth-order valence-electron chi connectivity index (χ4n) is 2.52. The van der Waals surface area contributed by atoms with E-state index in [2.05, 4.69) is 30.9 Å². The van der Waals surface area contributed by atoms with Crippen molar-refractivity contribution in [3.63, 3.8) is 0 Å². The molecule has 1 aromatic rings. The van der Waals surface area contributed by atoms with Gasteiger partial charge in [0.05, 0.1) is 18.8 Å². The van der Waals surface area contributed by atoms with Crippen LogP contribution in [0.2, 0.25) is 0 Å². The predicted octanol–water partition coefficient (Wildman–Crippen LogP) is 2.71. The van der Waals surface area contributed by atoms with Crippen LogP contribution in [0.15, 0.2) is 24.3 Å². The first-order chi connectivity index (χ1) is 9.40. The van der Waals surface area contributed by atoms with Crippen LogP contribution in [0.25, 0.3) is 6.08 Å². The normalized spacial score (nSPS) is 18.4. The number of ether oxygens (including phenoxy) is 1. The fraction of sp³-hybridized carbons (Fsp3) is 0.438. The summed E-state index contributed by atoms with van der Waals surface area (Å²) in [6.07, 6.45) is 2.85. The lowest BCUT2D eigenvalue weighted by Crippen LogP contribution is -2.53. The number of morpholine rings is 1. The molecule has 2 rings (SSSR count). The third-order valence-corrected chi connectivity index (χ3v) is 3.52. The Kier molecular flexibility index (Phi) is 4.14. The topological polar surface area (TPSA) is 49.8 Å². The lowest BCUT2D eigenvalue weighted by Gasteiger charge is -2.44. The maximum atomic E-state index is 10.8. The van der Waals surface area contributed by atoms with E-state index in [9.17, 15) is 4.79 Å². The molecule has 0 amide bonds. The molecule has 108 valence electrons. The molecular formula is C16H21NO3. The van der Waals surface area contributed by atoms with E-state index < -0.39 is 5.97 Å². The summed E-state index contributed by atoms with van der Waals surface area (Å²) < 4.78 is 5.54. The summed E-state index contributed by atoms with van der Waals surface area (Å²) in [5, 5.41) is 8.83. The minimum absolute atomic E-state index is 0.0979. The maximum Gasteiger partial charge on any atom is 0.328 e. The van der Waals surface area contributed by atoms with Gasteiger partial charge in [0.25, 0.3) is 0 Å². The summed E-state index contributed by atoms with van der Waals surface area (Å²) in [5.41, 5.74) is 3.01. The van der Waals surface area contributed by atoms with Gasteiger partial charge in [-0.15, -0.1) is 0 Å². The van der Waals surface area contributed by atoms with Crippen LogP contribution < -0.4 is 4.90 Å². The number of carbonyl (C=O) groups is 1. The molecule has 4 heteroatoms. The zero-order valence-corrected chi connectivity index (χ0v) is 12.2. The van der Waals surface area contributed by atoms with E-state index in [0.717, 1.165) is 23.4 Å². The molecule has 0 atom stereocenters. The number of rotatable bonds is 3. The highest BCUT2D eigenvalue weighted by atomic mass is 16.5. The van der Waals surface area contributed by atoms with Crippen molar-refractivity contribution in [3.05, 3.63) is 35.4 Å². The number of carboxylic acids is 1. The number of anilines is 1. The van der Waals surface area contributed by atoms with Crippen LogP contribution in [-0.4, -0.2) is 36.4 Å². The molecule has 0 aromatic heterocycles.